The number of hydrogen-bond acceptors (Lipinski definition) is 4. The second-order valence-electron chi connectivity index (χ2n) is 5.98. The van der Waals surface area contributed by atoms with Gasteiger partial charge in [-0.1, -0.05) is 58.0 Å². The maximum atomic E-state index is 11.9. The van der Waals surface area contributed by atoms with Crippen LogP contribution < -0.4 is 5.32 Å². The number of hydrogen-bond donors (Lipinski definition) is 3. The summed E-state index contributed by atoms with van der Waals surface area (Å²) in [5, 5.41) is 20.8. The van der Waals surface area contributed by atoms with Crippen LogP contribution in [0.4, 0.5) is 5.69 Å². The Hall–Kier alpha value is -3.60. The summed E-state index contributed by atoms with van der Waals surface area (Å²) in [6, 6.07) is 19.9. The van der Waals surface area contributed by atoms with Gasteiger partial charge in [0.15, 0.2) is 5.78 Å². The Morgan fingerprint density at radius 2 is 1.19 bits per heavy atom. The molecule has 3 rings (SSSR count). The van der Waals surface area contributed by atoms with E-state index in [9.17, 15) is 14.7 Å². The first-order valence-electron chi connectivity index (χ1n) is 10.3. The van der Waals surface area contributed by atoms with E-state index in [-0.39, 0.29) is 17.4 Å². The summed E-state index contributed by atoms with van der Waals surface area (Å²) in [5.41, 5.74) is 2.62. The maximum Gasteiger partial charge on any atom is 0.255 e. The van der Waals surface area contributed by atoms with Crippen LogP contribution in [0.1, 0.15) is 60.9 Å². The summed E-state index contributed by atoms with van der Waals surface area (Å²) in [6.45, 7) is 11.4. The van der Waals surface area contributed by atoms with Crippen molar-refractivity contribution in [3.05, 3.63) is 89.5 Å². The summed E-state index contributed by atoms with van der Waals surface area (Å²) in [5.74, 6) is 0.0929. The number of rotatable bonds is 3. The number of phenols is 2. The zero-order valence-electron chi connectivity index (χ0n) is 19.1. The molecule has 3 aromatic carbocycles. The largest absolute Gasteiger partial charge is 0.508 e. The average Bonchev–Trinajstić information content (AvgIpc) is 2.77. The van der Waals surface area contributed by atoms with Crippen molar-refractivity contribution in [2.24, 2.45) is 0 Å². The lowest BCUT2D eigenvalue weighted by molar-refractivity contribution is 0.100. The zero-order chi connectivity index (χ0) is 23.8. The van der Waals surface area contributed by atoms with E-state index in [2.05, 4.69) is 5.32 Å². The molecule has 0 aliphatic carbocycles. The molecule has 0 aromatic heterocycles. The monoisotopic (exact) mass is 423 g/mol. The van der Waals surface area contributed by atoms with Crippen LogP contribution in [0.5, 0.6) is 11.5 Å². The summed E-state index contributed by atoms with van der Waals surface area (Å²) in [6.07, 6.45) is 0. The summed E-state index contributed by atoms with van der Waals surface area (Å²) in [4.78, 5) is 23.1. The summed E-state index contributed by atoms with van der Waals surface area (Å²) < 4.78 is 0. The molecule has 0 radical (unpaired) electrons. The Labute approximate surface area is 185 Å². The number of benzene rings is 3. The molecule has 31 heavy (non-hydrogen) atoms. The Morgan fingerprint density at radius 1 is 0.710 bits per heavy atom. The van der Waals surface area contributed by atoms with Gasteiger partial charge in [0.1, 0.15) is 11.5 Å². The molecular weight excluding hydrogens is 390 g/mol. The zero-order valence-corrected chi connectivity index (χ0v) is 19.1. The molecule has 0 saturated heterocycles. The van der Waals surface area contributed by atoms with Crippen molar-refractivity contribution >= 4 is 17.4 Å². The van der Waals surface area contributed by atoms with E-state index in [1.807, 2.05) is 46.8 Å². The molecule has 0 saturated carbocycles. The van der Waals surface area contributed by atoms with E-state index >= 15 is 0 Å². The number of carbonyl (C=O) groups is 2. The van der Waals surface area contributed by atoms with Crippen LogP contribution >= 0.6 is 0 Å². The number of aryl methyl sites for hydroxylation is 1. The molecule has 0 fully saturated rings. The van der Waals surface area contributed by atoms with E-state index in [1.165, 1.54) is 19.1 Å². The van der Waals surface area contributed by atoms with Crippen LogP contribution in [0.2, 0.25) is 0 Å². The molecule has 0 unspecified atom stereocenters. The van der Waals surface area contributed by atoms with Gasteiger partial charge in [0.25, 0.3) is 5.91 Å². The van der Waals surface area contributed by atoms with Crippen molar-refractivity contribution in [3.63, 3.8) is 0 Å². The number of amides is 1. The van der Waals surface area contributed by atoms with Gasteiger partial charge < -0.3 is 15.5 Å². The summed E-state index contributed by atoms with van der Waals surface area (Å²) in [7, 11) is 0. The van der Waals surface area contributed by atoms with E-state index in [0.717, 1.165) is 5.56 Å². The van der Waals surface area contributed by atoms with Crippen molar-refractivity contribution in [2.45, 2.75) is 41.5 Å². The molecule has 0 aliphatic heterocycles. The van der Waals surface area contributed by atoms with Gasteiger partial charge in [-0.3, -0.25) is 9.59 Å². The highest BCUT2D eigenvalue weighted by atomic mass is 16.3. The first-order chi connectivity index (χ1) is 14.8. The molecule has 3 N–H and O–H groups in total. The number of carbonyl (C=O) groups excluding carboxylic acids is 2. The van der Waals surface area contributed by atoms with E-state index in [1.54, 1.807) is 48.5 Å². The van der Waals surface area contributed by atoms with Crippen LogP contribution in [-0.2, 0) is 0 Å². The topological polar surface area (TPSA) is 86.6 Å². The molecule has 0 atom stereocenters. The van der Waals surface area contributed by atoms with Gasteiger partial charge in [-0.25, -0.2) is 0 Å². The van der Waals surface area contributed by atoms with Gasteiger partial charge in [-0.15, -0.1) is 0 Å². The fraction of sp³-hybridized carbons (Fsp3) is 0.231. The van der Waals surface area contributed by atoms with Gasteiger partial charge in [-0.2, -0.15) is 0 Å². The number of nitrogens with one attached hydrogen (secondary N) is 1. The van der Waals surface area contributed by atoms with Gasteiger partial charge in [0.2, 0.25) is 0 Å². The minimum Gasteiger partial charge on any atom is -0.508 e. The van der Waals surface area contributed by atoms with Crippen molar-refractivity contribution in [1.29, 1.82) is 0 Å². The predicted molar refractivity (Wildman–Crippen MR) is 128 cm³/mol. The van der Waals surface area contributed by atoms with Gasteiger partial charge in [0.05, 0.1) is 0 Å². The van der Waals surface area contributed by atoms with Crippen LogP contribution in [0.3, 0.4) is 0 Å². The lowest BCUT2D eigenvalue weighted by Crippen LogP contribution is -2.11. The van der Waals surface area contributed by atoms with Crippen molar-refractivity contribution in [2.75, 3.05) is 5.32 Å². The van der Waals surface area contributed by atoms with Crippen molar-refractivity contribution < 1.29 is 19.8 Å². The highest BCUT2D eigenvalue weighted by molar-refractivity contribution is 6.05. The molecular formula is C26H33NO4. The number of Topliss-reactive ketones (excluding diaryl/α,β-unsaturated/α-hetero) is 1. The maximum absolute atomic E-state index is 11.9. The normalized spacial score (nSPS) is 8.84. The molecule has 1 amide bonds. The second kappa shape index (κ2) is 15.3. The lowest BCUT2D eigenvalue weighted by atomic mass is 10.1. The van der Waals surface area contributed by atoms with Gasteiger partial charge in [-0.05, 0) is 55.8 Å². The molecule has 166 valence electrons. The van der Waals surface area contributed by atoms with Gasteiger partial charge >= 0.3 is 0 Å². The number of ketones is 1. The Bertz CT molecular complexity index is 917. The third-order valence-electron chi connectivity index (χ3n) is 3.66. The molecule has 0 spiro atoms. The molecule has 5 nitrogen and oxygen atoms in total. The molecule has 5 heteroatoms. The van der Waals surface area contributed by atoms with Gasteiger partial charge in [0, 0.05) is 22.9 Å². The first kappa shape index (κ1) is 27.4. The number of aromatic hydroxyl groups is 2. The number of anilines is 1. The third-order valence-corrected chi connectivity index (χ3v) is 3.66. The minimum absolute atomic E-state index is 0.0417. The molecule has 0 bridgehead atoms. The fourth-order valence-corrected chi connectivity index (χ4v) is 2.27. The molecule has 3 aromatic rings. The van der Waals surface area contributed by atoms with E-state index in [0.29, 0.717) is 22.6 Å². The van der Waals surface area contributed by atoms with Crippen molar-refractivity contribution in [3.8, 4) is 11.5 Å². The Morgan fingerprint density at radius 3 is 1.61 bits per heavy atom. The average molecular weight is 424 g/mol. The SMILES string of the molecule is CC.CC.CC(=O)c1ccc(C(=O)Nc2cccc(O)c2)cc1.Cc1cccc(O)c1. The van der Waals surface area contributed by atoms with Crippen LogP contribution in [0.25, 0.3) is 0 Å². The lowest BCUT2D eigenvalue weighted by Gasteiger charge is -2.06. The highest BCUT2D eigenvalue weighted by Gasteiger charge is 2.07. The standard InChI is InChI=1S/C15H13NO3.C7H8O.2C2H6/c1-10(17)11-5-7-12(8-6-11)15(19)16-13-3-2-4-14(18)9-13;1-6-3-2-4-7(8)5-6;2*1-2/h2-9,18H,1H3,(H,16,19);2-5,8H,1H3;2*1-2H3. The molecule has 0 heterocycles. The van der Waals surface area contributed by atoms with Crippen LogP contribution in [-0.4, -0.2) is 21.9 Å². The first-order valence-corrected chi connectivity index (χ1v) is 10.3. The smallest absolute Gasteiger partial charge is 0.255 e. The minimum atomic E-state index is -0.291. The Balaban J connectivity index is 0.000000625. The van der Waals surface area contributed by atoms with Crippen LogP contribution in [0.15, 0.2) is 72.8 Å². The van der Waals surface area contributed by atoms with Crippen LogP contribution in [0, 0.1) is 6.92 Å². The van der Waals surface area contributed by atoms with E-state index in [4.69, 9.17) is 5.11 Å². The third kappa shape index (κ3) is 10.7. The fourth-order valence-electron chi connectivity index (χ4n) is 2.27. The second-order valence-corrected chi connectivity index (χ2v) is 5.98. The Kier molecular flexibility index (Phi) is 13.5. The summed E-state index contributed by atoms with van der Waals surface area (Å²) >= 11 is 0. The van der Waals surface area contributed by atoms with E-state index < -0.39 is 0 Å². The number of phenolic OH excluding ortho intramolecular Hbond substituents is 2. The van der Waals surface area contributed by atoms with Crippen molar-refractivity contribution in [1.82, 2.24) is 0 Å². The molecule has 0 aliphatic rings. The quantitative estimate of drug-likeness (QED) is 0.414. The predicted octanol–water partition coefficient (Wildman–Crippen LogP) is 6.60. The highest BCUT2D eigenvalue weighted by Crippen LogP contribution is 2.16.